The molecular formula is C16H22. The van der Waals surface area contributed by atoms with E-state index < -0.39 is 0 Å². The molecule has 0 bridgehead atoms. The lowest BCUT2D eigenvalue weighted by molar-refractivity contribution is 0.438. The summed E-state index contributed by atoms with van der Waals surface area (Å²) in [5, 5.41) is 0. The number of allylic oxidation sites excluding steroid dienone is 6. The average Bonchev–Trinajstić information content (AvgIpc) is 2.49. The fourth-order valence-corrected chi connectivity index (χ4v) is 3.91. The van der Waals surface area contributed by atoms with Gasteiger partial charge in [0.1, 0.15) is 0 Å². The highest BCUT2D eigenvalue weighted by Gasteiger charge is 2.43. The van der Waals surface area contributed by atoms with Gasteiger partial charge in [0.25, 0.3) is 0 Å². The summed E-state index contributed by atoms with van der Waals surface area (Å²) in [4.78, 5) is 0. The van der Waals surface area contributed by atoms with Crippen LogP contribution < -0.4 is 0 Å². The van der Waals surface area contributed by atoms with Crippen LogP contribution in [0, 0.1) is 17.3 Å². The Morgan fingerprint density at radius 3 is 2.88 bits per heavy atom. The number of hydrogen-bond donors (Lipinski definition) is 0. The van der Waals surface area contributed by atoms with E-state index in [1.54, 1.807) is 16.7 Å². The first-order valence-corrected chi connectivity index (χ1v) is 6.73. The number of fused-ring (bicyclic) bond motifs is 2. The maximum atomic E-state index is 2.57. The molecule has 86 valence electrons. The van der Waals surface area contributed by atoms with Crippen LogP contribution in [0.25, 0.3) is 0 Å². The molecule has 0 N–H and O–H groups in total. The van der Waals surface area contributed by atoms with Gasteiger partial charge in [-0.15, -0.1) is 0 Å². The third-order valence-corrected chi connectivity index (χ3v) is 4.81. The zero-order chi connectivity index (χ0) is 11.3. The molecule has 0 heterocycles. The molecule has 0 aromatic heterocycles. The lowest BCUT2D eigenvalue weighted by Gasteiger charge is -2.31. The Hall–Kier alpha value is -0.780. The van der Waals surface area contributed by atoms with Gasteiger partial charge in [-0.1, -0.05) is 50.1 Å². The number of rotatable bonds is 0. The van der Waals surface area contributed by atoms with Crippen molar-refractivity contribution in [1.29, 1.82) is 0 Å². The van der Waals surface area contributed by atoms with Crippen molar-refractivity contribution < 1.29 is 0 Å². The second-order valence-electron chi connectivity index (χ2n) is 6.23. The van der Waals surface area contributed by atoms with E-state index in [0.717, 1.165) is 11.8 Å². The molecule has 0 saturated carbocycles. The van der Waals surface area contributed by atoms with E-state index in [0.29, 0.717) is 5.41 Å². The monoisotopic (exact) mass is 214 g/mol. The molecule has 0 radical (unpaired) electrons. The lowest BCUT2D eigenvalue weighted by Crippen LogP contribution is -2.19. The SMILES string of the molecule is CC1C=C2C(CC1)C1=C(CCC=C1)C2(C)C. The predicted octanol–water partition coefficient (Wildman–Crippen LogP) is 4.65. The van der Waals surface area contributed by atoms with Crippen molar-refractivity contribution in [2.45, 2.75) is 46.5 Å². The molecule has 0 nitrogen and oxygen atoms in total. The van der Waals surface area contributed by atoms with Crippen LogP contribution in [-0.2, 0) is 0 Å². The number of hydrogen-bond acceptors (Lipinski definition) is 0. The van der Waals surface area contributed by atoms with Crippen LogP contribution >= 0.6 is 0 Å². The van der Waals surface area contributed by atoms with Crippen molar-refractivity contribution in [3.63, 3.8) is 0 Å². The largest absolute Gasteiger partial charge is 0.0839 e. The normalized spacial score (nSPS) is 35.8. The summed E-state index contributed by atoms with van der Waals surface area (Å²) in [5.41, 5.74) is 5.48. The first-order chi connectivity index (χ1) is 7.60. The highest BCUT2D eigenvalue weighted by atomic mass is 14.5. The minimum Gasteiger partial charge on any atom is -0.0839 e. The van der Waals surface area contributed by atoms with Crippen molar-refractivity contribution in [3.8, 4) is 0 Å². The molecule has 0 aromatic carbocycles. The fraction of sp³-hybridized carbons (Fsp3) is 0.625. The van der Waals surface area contributed by atoms with Crippen LogP contribution in [0.1, 0.15) is 46.5 Å². The summed E-state index contributed by atoms with van der Waals surface area (Å²) in [6, 6.07) is 0. The summed E-state index contributed by atoms with van der Waals surface area (Å²) >= 11 is 0. The van der Waals surface area contributed by atoms with E-state index in [1.165, 1.54) is 25.7 Å². The van der Waals surface area contributed by atoms with Crippen LogP contribution in [0.3, 0.4) is 0 Å². The second-order valence-corrected chi connectivity index (χ2v) is 6.23. The first kappa shape index (κ1) is 10.4. The maximum Gasteiger partial charge on any atom is 0.00763 e. The zero-order valence-corrected chi connectivity index (χ0v) is 10.7. The highest BCUT2D eigenvalue weighted by molar-refractivity contribution is 5.51. The van der Waals surface area contributed by atoms with Crippen molar-refractivity contribution in [1.82, 2.24) is 0 Å². The molecule has 2 unspecified atom stereocenters. The Kier molecular flexibility index (Phi) is 2.18. The average molecular weight is 214 g/mol. The molecule has 3 aliphatic carbocycles. The predicted molar refractivity (Wildman–Crippen MR) is 69.2 cm³/mol. The van der Waals surface area contributed by atoms with E-state index in [4.69, 9.17) is 0 Å². The molecule has 0 saturated heterocycles. The van der Waals surface area contributed by atoms with Gasteiger partial charge in [-0.05, 0) is 37.2 Å². The third kappa shape index (κ3) is 1.28. The summed E-state index contributed by atoms with van der Waals surface area (Å²) in [7, 11) is 0. The molecule has 0 spiro atoms. The van der Waals surface area contributed by atoms with Gasteiger partial charge in [0, 0.05) is 11.3 Å². The van der Waals surface area contributed by atoms with Crippen LogP contribution in [0.4, 0.5) is 0 Å². The Morgan fingerprint density at radius 2 is 2.06 bits per heavy atom. The van der Waals surface area contributed by atoms with E-state index in [1.807, 2.05) is 0 Å². The lowest BCUT2D eigenvalue weighted by atomic mass is 9.73. The smallest absolute Gasteiger partial charge is 0.00763 e. The van der Waals surface area contributed by atoms with Gasteiger partial charge in [0.2, 0.25) is 0 Å². The van der Waals surface area contributed by atoms with Gasteiger partial charge in [0.05, 0.1) is 0 Å². The third-order valence-electron chi connectivity index (χ3n) is 4.81. The Bertz CT molecular complexity index is 404. The molecular weight excluding hydrogens is 192 g/mol. The van der Waals surface area contributed by atoms with Gasteiger partial charge >= 0.3 is 0 Å². The molecule has 0 heteroatoms. The summed E-state index contributed by atoms with van der Waals surface area (Å²) in [6.07, 6.45) is 12.6. The molecule has 0 aliphatic heterocycles. The van der Waals surface area contributed by atoms with E-state index in [9.17, 15) is 0 Å². The van der Waals surface area contributed by atoms with Crippen LogP contribution in [-0.4, -0.2) is 0 Å². The molecule has 0 aromatic rings. The summed E-state index contributed by atoms with van der Waals surface area (Å²) in [6.45, 7) is 7.24. The Morgan fingerprint density at radius 1 is 1.25 bits per heavy atom. The maximum absolute atomic E-state index is 2.57. The zero-order valence-electron chi connectivity index (χ0n) is 10.7. The van der Waals surface area contributed by atoms with Crippen molar-refractivity contribution in [2.75, 3.05) is 0 Å². The van der Waals surface area contributed by atoms with E-state index in [-0.39, 0.29) is 0 Å². The molecule has 0 fully saturated rings. The molecule has 16 heavy (non-hydrogen) atoms. The highest BCUT2D eigenvalue weighted by Crippen LogP contribution is 2.56. The minimum atomic E-state index is 0.347. The summed E-state index contributed by atoms with van der Waals surface area (Å²) < 4.78 is 0. The van der Waals surface area contributed by atoms with Gasteiger partial charge in [-0.3, -0.25) is 0 Å². The van der Waals surface area contributed by atoms with Crippen molar-refractivity contribution in [2.24, 2.45) is 17.3 Å². The second kappa shape index (κ2) is 3.35. The molecule has 3 aliphatic rings. The quantitative estimate of drug-likeness (QED) is 0.515. The van der Waals surface area contributed by atoms with E-state index >= 15 is 0 Å². The fourth-order valence-electron chi connectivity index (χ4n) is 3.91. The Balaban J connectivity index is 2.11. The van der Waals surface area contributed by atoms with Crippen LogP contribution in [0.2, 0.25) is 0 Å². The van der Waals surface area contributed by atoms with Gasteiger partial charge in [-0.25, -0.2) is 0 Å². The Labute approximate surface area is 99.1 Å². The minimum absolute atomic E-state index is 0.347. The van der Waals surface area contributed by atoms with Gasteiger partial charge < -0.3 is 0 Å². The van der Waals surface area contributed by atoms with Crippen LogP contribution in [0.15, 0.2) is 34.9 Å². The first-order valence-electron chi connectivity index (χ1n) is 6.73. The topological polar surface area (TPSA) is 0 Å². The van der Waals surface area contributed by atoms with Gasteiger partial charge in [0.15, 0.2) is 0 Å². The van der Waals surface area contributed by atoms with E-state index in [2.05, 4.69) is 39.0 Å². The molecule has 2 atom stereocenters. The standard InChI is InChI=1S/C16H22/c1-11-8-9-13-12-6-4-5-7-14(12)16(2,3)15(13)10-11/h4,6,10-11,13H,5,7-9H2,1-3H3. The van der Waals surface area contributed by atoms with Gasteiger partial charge in [-0.2, -0.15) is 0 Å². The summed E-state index contributed by atoms with van der Waals surface area (Å²) in [5.74, 6) is 1.55. The molecule has 0 amide bonds. The van der Waals surface area contributed by atoms with Crippen molar-refractivity contribution >= 4 is 0 Å². The molecule has 3 rings (SSSR count). The van der Waals surface area contributed by atoms with Crippen molar-refractivity contribution in [3.05, 3.63) is 34.9 Å². The van der Waals surface area contributed by atoms with Crippen LogP contribution in [0.5, 0.6) is 0 Å².